The van der Waals surface area contributed by atoms with Gasteiger partial charge < -0.3 is 19.9 Å². The number of hydrogen-bond donors (Lipinski definition) is 2. The number of carbonyl (C=O) groups excluding carboxylic acids is 1. The van der Waals surface area contributed by atoms with Crippen LogP contribution in [0.1, 0.15) is 27.0 Å². The Morgan fingerprint density at radius 3 is 2.50 bits per heavy atom. The van der Waals surface area contributed by atoms with Crippen LogP contribution in [0.5, 0.6) is 11.5 Å². The van der Waals surface area contributed by atoms with Crippen LogP contribution in [-0.2, 0) is 17.9 Å². The van der Waals surface area contributed by atoms with E-state index in [0.29, 0.717) is 28.7 Å². The van der Waals surface area contributed by atoms with Crippen LogP contribution in [0.25, 0.3) is 6.08 Å². The molecular formula is C25H22ClNO5. The highest BCUT2D eigenvalue weighted by atomic mass is 35.5. The minimum atomic E-state index is -1.01. The zero-order chi connectivity index (χ0) is 22.9. The number of carbonyl (C=O) groups is 2. The maximum atomic E-state index is 12.1. The molecule has 0 aliphatic heterocycles. The lowest BCUT2D eigenvalue weighted by atomic mass is 10.1. The number of benzene rings is 3. The topological polar surface area (TPSA) is 84.9 Å². The molecule has 1 amide bonds. The van der Waals surface area contributed by atoms with E-state index >= 15 is 0 Å². The second-order valence-electron chi connectivity index (χ2n) is 6.88. The molecule has 0 heterocycles. The fraction of sp³-hybridized carbons (Fsp3) is 0.120. The summed E-state index contributed by atoms with van der Waals surface area (Å²) in [6.07, 6.45) is 3.07. The highest BCUT2D eigenvalue weighted by Crippen LogP contribution is 2.29. The molecule has 0 spiro atoms. The summed E-state index contributed by atoms with van der Waals surface area (Å²) in [7, 11) is 1.55. The summed E-state index contributed by atoms with van der Waals surface area (Å²) in [5, 5.41) is 12.4. The first kappa shape index (κ1) is 22.9. The number of carboxylic acid groups (broad SMARTS) is 1. The predicted octanol–water partition coefficient (Wildman–Crippen LogP) is 4.96. The van der Waals surface area contributed by atoms with Gasteiger partial charge in [0.25, 0.3) is 0 Å². The highest BCUT2D eigenvalue weighted by molar-refractivity contribution is 6.30. The molecule has 0 atom stereocenters. The monoisotopic (exact) mass is 451 g/mol. The van der Waals surface area contributed by atoms with Gasteiger partial charge in [-0.25, -0.2) is 4.79 Å². The van der Waals surface area contributed by atoms with Crippen LogP contribution >= 0.6 is 11.6 Å². The normalized spacial score (nSPS) is 10.7. The van der Waals surface area contributed by atoms with Crippen LogP contribution in [0, 0.1) is 0 Å². The number of amides is 1. The Balaban J connectivity index is 1.57. The van der Waals surface area contributed by atoms with Crippen molar-refractivity contribution in [1.82, 2.24) is 5.32 Å². The van der Waals surface area contributed by atoms with Crippen molar-refractivity contribution in [3.05, 3.63) is 100 Å². The summed E-state index contributed by atoms with van der Waals surface area (Å²) in [6, 6.07) is 19.2. The molecule has 7 heteroatoms. The van der Waals surface area contributed by atoms with E-state index in [1.165, 1.54) is 18.2 Å². The van der Waals surface area contributed by atoms with Gasteiger partial charge in [0.1, 0.15) is 6.61 Å². The van der Waals surface area contributed by atoms with Gasteiger partial charge >= 0.3 is 5.97 Å². The Labute approximate surface area is 191 Å². The summed E-state index contributed by atoms with van der Waals surface area (Å²) in [5.74, 6) is -0.172. The van der Waals surface area contributed by atoms with E-state index < -0.39 is 5.97 Å². The molecule has 3 aromatic carbocycles. The van der Waals surface area contributed by atoms with Crippen molar-refractivity contribution in [2.75, 3.05) is 7.11 Å². The number of methoxy groups -OCH3 is 1. The van der Waals surface area contributed by atoms with E-state index in [1.54, 1.807) is 49.6 Å². The molecule has 0 saturated carbocycles. The Morgan fingerprint density at radius 1 is 1.00 bits per heavy atom. The standard InChI is InChI=1S/C25H22ClNO5/c1-31-23-14-17(7-11-22(23)32-16-18-5-9-21(26)10-6-18)8-12-24(28)27-15-19-3-2-4-20(13-19)25(29)30/h2-14H,15-16H2,1H3,(H,27,28)(H,29,30)/b12-8+. The number of rotatable bonds is 9. The maximum absolute atomic E-state index is 12.1. The fourth-order valence-electron chi connectivity index (χ4n) is 2.88. The van der Waals surface area contributed by atoms with E-state index in [9.17, 15) is 9.59 Å². The van der Waals surface area contributed by atoms with Crippen LogP contribution in [-0.4, -0.2) is 24.1 Å². The first-order chi connectivity index (χ1) is 15.4. The molecule has 6 nitrogen and oxygen atoms in total. The summed E-state index contributed by atoms with van der Waals surface area (Å²) >= 11 is 5.90. The molecule has 2 N–H and O–H groups in total. The van der Waals surface area contributed by atoms with Crippen molar-refractivity contribution in [1.29, 1.82) is 0 Å². The SMILES string of the molecule is COc1cc(/C=C/C(=O)NCc2cccc(C(=O)O)c2)ccc1OCc1ccc(Cl)cc1. The Hall–Kier alpha value is -3.77. The smallest absolute Gasteiger partial charge is 0.335 e. The fourth-order valence-corrected chi connectivity index (χ4v) is 3.01. The third kappa shape index (κ3) is 6.62. The molecular weight excluding hydrogens is 430 g/mol. The van der Waals surface area contributed by atoms with Gasteiger partial charge in [-0.15, -0.1) is 0 Å². The lowest BCUT2D eigenvalue weighted by Crippen LogP contribution is -2.20. The van der Waals surface area contributed by atoms with E-state index in [1.807, 2.05) is 18.2 Å². The largest absolute Gasteiger partial charge is 0.493 e. The van der Waals surface area contributed by atoms with Crippen LogP contribution in [0.4, 0.5) is 0 Å². The molecule has 3 rings (SSSR count). The first-order valence-electron chi connectivity index (χ1n) is 9.78. The Morgan fingerprint density at radius 2 is 1.78 bits per heavy atom. The lowest BCUT2D eigenvalue weighted by molar-refractivity contribution is -0.116. The average molecular weight is 452 g/mol. The number of carboxylic acids is 1. The van der Waals surface area contributed by atoms with Crippen molar-refractivity contribution in [3.63, 3.8) is 0 Å². The maximum Gasteiger partial charge on any atom is 0.335 e. The molecule has 0 aromatic heterocycles. The molecule has 0 saturated heterocycles. The van der Waals surface area contributed by atoms with Crippen molar-refractivity contribution in [2.24, 2.45) is 0 Å². The van der Waals surface area contributed by atoms with Gasteiger partial charge in [-0.2, -0.15) is 0 Å². The van der Waals surface area contributed by atoms with Crippen molar-refractivity contribution in [2.45, 2.75) is 13.2 Å². The number of hydrogen-bond acceptors (Lipinski definition) is 4. The third-order valence-electron chi connectivity index (χ3n) is 4.56. The molecule has 164 valence electrons. The van der Waals surface area contributed by atoms with E-state index in [-0.39, 0.29) is 18.0 Å². The highest BCUT2D eigenvalue weighted by Gasteiger charge is 2.07. The average Bonchev–Trinajstić information content (AvgIpc) is 2.81. The molecule has 0 radical (unpaired) electrons. The molecule has 0 fully saturated rings. The van der Waals surface area contributed by atoms with E-state index in [2.05, 4.69) is 5.32 Å². The summed E-state index contributed by atoms with van der Waals surface area (Å²) in [6.45, 7) is 0.597. The first-order valence-corrected chi connectivity index (χ1v) is 10.2. The van der Waals surface area contributed by atoms with Crippen LogP contribution < -0.4 is 14.8 Å². The van der Waals surface area contributed by atoms with Gasteiger partial charge in [-0.05, 0) is 59.2 Å². The van der Waals surface area contributed by atoms with E-state index in [4.69, 9.17) is 26.2 Å². The number of ether oxygens (including phenoxy) is 2. The summed E-state index contributed by atoms with van der Waals surface area (Å²) < 4.78 is 11.2. The molecule has 0 unspecified atom stereocenters. The minimum absolute atomic E-state index is 0.178. The van der Waals surface area contributed by atoms with Gasteiger partial charge in [0.2, 0.25) is 5.91 Å². The second kappa shape index (κ2) is 11.0. The van der Waals surface area contributed by atoms with Crippen LogP contribution in [0.2, 0.25) is 5.02 Å². The van der Waals surface area contributed by atoms with Gasteiger partial charge in [0.15, 0.2) is 11.5 Å². The molecule has 0 aliphatic rings. The number of nitrogens with one attached hydrogen (secondary N) is 1. The Bertz CT molecular complexity index is 1130. The van der Waals surface area contributed by atoms with Crippen LogP contribution in [0.15, 0.2) is 72.8 Å². The zero-order valence-corrected chi connectivity index (χ0v) is 18.1. The lowest BCUT2D eigenvalue weighted by Gasteiger charge is -2.11. The molecule has 32 heavy (non-hydrogen) atoms. The molecule has 3 aromatic rings. The van der Waals surface area contributed by atoms with Gasteiger partial charge in [-0.3, -0.25) is 4.79 Å². The predicted molar refractivity (Wildman–Crippen MR) is 123 cm³/mol. The van der Waals surface area contributed by atoms with Gasteiger partial charge in [0, 0.05) is 17.6 Å². The summed E-state index contributed by atoms with van der Waals surface area (Å²) in [4.78, 5) is 23.2. The van der Waals surface area contributed by atoms with E-state index in [0.717, 1.165) is 11.1 Å². The quantitative estimate of drug-likeness (QED) is 0.449. The van der Waals surface area contributed by atoms with Gasteiger partial charge in [0.05, 0.1) is 12.7 Å². The van der Waals surface area contributed by atoms with Gasteiger partial charge in [-0.1, -0.05) is 41.9 Å². The molecule has 0 aliphatic carbocycles. The number of aromatic carboxylic acids is 1. The zero-order valence-electron chi connectivity index (χ0n) is 17.4. The molecule has 0 bridgehead atoms. The Kier molecular flexibility index (Phi) is 7.89. The number of halogens is 1. The minimum Gasteiger partial charge on any atom is -0.493 e. The van der Waals surface area contributed by atoms with Crippen molar-refractivity contribution >= 4 is 29.6 Å². The second-order valence-corrected chi connectivity index (χ2v) is 7.32. The van der Waals surface area contributed by atoms with Crippen molar-refractivity contribution < 1.29 is 24.2 Å². The van der Waals surface area contributed by atoms with Crippen LogP contribution in [0.3, 0.4) is 0 Å². The third-order valence-corrected chi connectivity index (χ3v) is 4.82. The summed E-state index contributed by atoms with van der Waals surface area (Å²) in [5.41, 5.74) is 2.63. The van der Waals surface area contributed by atoms with Crippen molar-refractivity contribution in [3.8, 4) is 11.5 Å².